The van der Waals surface area contributed by atoms with Crippen molar-refractivity contribution in [1.82, 2.24) is 5.32 Å². The fraction of sp³-hybridized carbons (Fsp3) is 0.300. The summed E-state index contributed by atoms with van der Waals surface area (Å²) in [4.78, 5) is 24.5. The van der Waals surface area contributed by atoms with E-state index in [-0.39, 0.29) is 12.1 Å². The lowest BCUT2D eigenvalue weighted by molar-refractivity contribution is -0.129. The standard InChI is InChI=1S/C20H23NO6/c1-13(19(22)21-12-15-7-5-6-8-16(15)24-2)27-20(23)14-9-10-17(25-3)18(11-14)26-4/h5-11,13H,12H2,1-4H3,(H,21,22). The van der Waals surface area contributed by atoms with E-state index >= 15 is 0 Å². The van der Waals surface area contributed by atoms with Crippen LogP contribution in [0.15, 0.2) is 42.5 Å². The number of hydrogen-bond acceptors (Lipinski definition) is 6. The van der Waals surface area contributed by atoms with Gasteiger partial charge in [-0.2, -0.15) is 0 Å². The van der Waals surface area contributed by atoms with Crippen molar-refractivity contribution >= 4 is 11.9 Å². The van der Waals surface area contributed by atoms with Crippen molar-refractivity contribution in [2.24, 2.45) is 0 Å². The first kappa shape index (κ1) is 20.1. The summed E-state index contributed by atoms with van der Waals surface area (Å²) in [6, 6.07) is 12.0. The molecule has 1 atom stereocenters. The second-order valence-corrected chi connectivity index (χ2v) is 5.65. The van der Waals surface area contributed by atoms with Crippen LogP contribution in [0, 0.1) is 0 Å². The number of carbonyl (C=O) groups is 2. The van der Waals surface area contributed by atoms with Gasteiger partial charge in [-0.05, 0) is 31.2 Å². The Morgan fingerprint density at radius 2 is 1.59 bits per heavy atom. The number of esters is 1. The number of amides is 1. The van der Waals surface area contributed by atoms with Crippen molar-refractivity contribution in [2.75, 3.05) is 21.3 Å². The third-order valence-corrected chi connectivity index (χ3v) is 3.92. The van der Waals surface area contributed by atoms with Crippen LogP contribution in [0.5, 0.6) is 17.2 Å². The van der Waals surface area contributed by atoms with Crippen LogP contribution in [0.1, 0.15) is 22.8 Å². The number of ether oxygens (including phenoxy) is 4. The molecule has 0 bridgehead atoms. The van der Waals surface area contributed by atoms with Gasteiger partial charge < -0.3 is 24.3 Å². The summed E-state index contributed by atoms with van der Waals surface area (Å²) in [6.07, 6.45) is -0.958. The molecule has 7 heteroatoms. The number of carbonyl (C=O) groups excluding carboxylic acids is 2. The number of hydrogen-bond donors (Lipinski definition) is 1. The molecule has 0 saturated heterocycles. The SMILES string of the molecule is COc1ccccc1CNC(=O)C(C)OC(=O)c1ccc(OC)c(OC)c1. The van der Waals surface area contributed by atoms with Crippen LogP contribution >= 0.6 is 0 Å². The molecule has 0 spiro atoms. The molecule has 0 radical (unpaired) electrons. The van der Waals surface area contributed by atoms with E-state index in [9.17, 15) is 9.59 Å². The maximum absolute atomic E-state index is 12.3. The molecule has 1 amide bonds. The zero-order valence-electron chi connectivity index (χ0n) is 15.8. The monoisotopic (exact) mass is 373 g/mol. The summed E-state index contributed by atoms with van der Waals surface area (Å²) in [7, 11) is 4.54. The first-order valence-corrected chi connectivity index (χ1v) is 8.32. The second-order valence-electron chi connectivity index (χ2n) is 5.65. The fourth-order valence-corrected chi connectivity index (χ4v) is 2.42. The lowest BCUT2D eigenvalue weighted by atomic mass is 10.2. The van der Waals surface area contributed by atoms with Crippen LogP contribution in [0.3, 0.4) is 0 Å². The molecule has 0 aromatic heterocycles. The minimum Gasteiger partial charge on any atom is -0.496 e. The van der Waals surface area contributed by atoms with Gasteiger partial charge in [-0.1, -0.05) is 18.2 Å². The Bertz CT molecular complexity index is 805. The Hall–Kier alpha value is -3.22. The normalized spacial score (nSPS) is 11.3. The van der Waals surface area contributed by atoms with Gasteiger partial charge in [-0.25, -0.2) is 4.79 Å². The van der Waals surface area contributed by atoms with Crippen LogP contribution in [-0.4, -0.2) is 39.3 Å². The Labute approximate surface area is 158 Å². The molecular weight excluding hydrogens is 350 g/mol. The van der Waals surface area contributed by atoms with Gasteiger partial charge in [-0.3, -0.25) is 4.79 Å². The zero-order valence-corrected chi connectivity index (χ0v) is 15.8. The van der Waals surface area contributed by atoms with Crippen LogP contribution < -0.4 is 19.5 Å². The van der Waals surface area contributed by atoms with Gasteiger partial charge in [-0.15, -0.1) is 0 Å². The van der Waals surface area contributed by atoms with Crippen molar-refractivity contribution in [3.8, 4) is 17.2 Å². The lowest BCUT2D eigenvalue weighted by Gasteiger charge is -2.15. The van der Waals surface area contributed by atoms with E-state index in [1.54, 1.807) is 19.2 Å². The molecule has 144 valence electrons. The highest BCUT2D eigenvalue weighted by atomic mass is 16.5. The summed E-state index contributed by atoms with van der Waals surface area (Å²) < 4.78 is 20.8. The van der Waals surface area contributed by atoms with E-state index in [4.69, 9.17) is 18.9 Å². The van der Waals surface area contributed by atoms with Crippen molar-refractivity contribution in [3.63, 3.8) is 0 Å². The van der Waals surface area contributed by atoms with Gasteiger partial charge in [0.15, 0.2) is 17.6 Å². The largest absolute Gasteiger partial charge is 0.496 e. The predicted molar refractivity (Wildman–Crippen MR) is 99.3 cm³/mol. The van der Waals surface area contributed by atoms with Gasteiger partial charge in [0, 0.05) is 12.1 Å². The summed E-state index contributed by atoms with van der Waals surface area (Å²) in [6.45, 7) is 1.78. The molecule has 0 aliphatic heterocycles. The second kappa shape index (κ2) is 9.47. The minimum atomic E-state index is -0.958. The molecule has 27 heavy (non-hydrogen) atoms. The molecule has 2 rings (SSSR count). The highest BCUT2D eigenvalue weighted by Crippen LogP contribution is 2.28. The quantitative estimate of drug-likeness (QED) is 0.716. The van der Waals surface area contributed by atoms with Crippen LogP contribution in [0.25, 0.3) is 0 Å². The van der Waals surface area contributed by atoms with Gasteiger partial charge in [0.05, 0.1) is 26.9 Å². The van der Waals surface area contributed by atoms with Crippen molar-refractivity contribution in [1.29, 1.82) is 0 Å². The molecule has 1 unspecified atom stereocenters. The van der Waals surface area contributed by atoms with E-state index < -0.39 is 18.0 Å². The molecule has 0 aliphatic rings. The number of benzene rings is 2. The summed E-state index contributed by atoms with van der Waals surface area (Å²) in [5, 5.41) is 2.73. The Morgan fingerprint density at radius 3 is 2.26 bits per heavy atom. The summed E-state index contributed by atoms with van der Waals surface area (Å²) >= 11 is 0. The predicted octanol–water partition coefficient (Wildman–Crippen LogP) is 2.57. The van der Waals surface area contributed by atoms with Crippen LogP contribution in [0.4, 0.5) is 0 Å². The Balaban J connectivity index is 1.96. The first-order valence-electron chi connectivity index (χ1n) is 8.32. The molecule has 0 heterocycles. The van der Waals surface area contributed by atoms with E-state index in [0.29, 0.717) is 17.2 Å². The molecule has 0 fully saturated rings. The van der Waals surface area contributed by atoms with Crippen LogP contribution in [-0.2, 0) is 16.1 Å². The van der Waals surface area contributed by atoms with Gasteiger partial charge >= 0.3 is 5.97 Å². The Kier molecular flexibility index (Phi) is 7.05. The maximum atomic E-state index is 12.3. The first-order chi connectivity index (χ1) is 13.0. The van der Waals surface area contributed by atoms with E-state index in [0.717, 1.165) is 5.56 Å². The topological polar surface area (TPSA) is 83.1 Å². The summed E-state index contributed by atoms with van der Waals surface area (Å²) in [5.41, 5.74) is 1.09. The van der Waals surface area contributed by atoms with Gasteiger partial charge in [0.1, 0.15) is 5.75 Å². The summed E-state index contributed by atoms with van der Waals surface area (Å²) in [5.74, 6) is 0.537. The van der Waals surface area contributed by atoms with Gasteiger partial charge in [0.25, 0.3) is 5.91 Å². The third kappa shape index (κ3) is 5.13. The third-order valence-electron chi connectivity index (χ3n) is 3.92. The maximum Gasteiger partial charge on any atom is 0.339 e. The highest BCUT2D eigenvalue weighted by Gasteiger charge is 2.20. The van der Waals surface area contributed by atoms with E-state index in [1.165, 1.54) is 27.2 Å². The number of para-hydroxylation sites is 1. The molecule has 2 aromatic carbocycles. The molecular formula is C20H23NO6. The molecule has 7 nitrogen and oxygen atoms in total. The molecule has 0 aliphatic carbocycles. The average molecular weight is 373 g/mol. The fourth-order valence-electron chi connectivity index (χ4n) is 2.42. The zero-order chi connectivity index (χ0) is 19.8. The molecule has 1 N–H and O–H groups in total. The average Bonchev–Trinajstić information content (AvgIpc) is 2.71. The highest BCUT2D eigenvalue weighted by molar-refractivity contribution is 5.92. The van der Waals surface area contributed by atoms with Gasteiger partial charge in [0.2, 0.25) is 0 Å². The minimum absolute atomic E-state index is 0.261. The number of methoxy groups -OCH3 is 3. The van der Waals surface area contributed by atoms with Crippen molar-refractivity contribution < 1.29 is 28.5 Å². The van der Waals surface area contributed by atoms with E-state index in [2.05, 4.69) is 5.32 Å². The Morgan fingerprint density at radius 1 is 0.926 bits per heavy atom. The van der Waals surface area contributed by atoms with Crippen molar-refractivity contribution in [3.05, 3.63) is 53.6 Å². The lowest BCUT2D eigenvalue weighted by Crippen LogP contribution is -2.35. The smallest absolute Gasteiger partial charge is 0.339 e. The van der Waals surface area contributed by atoms with E-state index in [1.807, 2.05) is 24.3 Å². The van der Waals surface area contributed by atoms with Crippen LogP contribution in [0.2, 0.25) is 0 Å². The molecule has 2 aromatic rings. The number of nitrogens with one attached hydrogen (secondary N) is 1. The molecule has 0 saturated carbocycles. The number of rotatable bonds is 8. The van der Waals surface area contributed by atoms with Crippen molar-refractivity contribution in [2.45, 2.75) is 19.6 Å².